The molecule has 0 saturated carbocycles. The first-order valence-corrected chi connectivity index (χ1v) is 7.37. The molecule has 22 heavy (non-hydrogen) atoms. The van der Waals surface area contributed by atoms with Crippen molar-refractivity contribution in [1.29, 1.82) is 0 Å². The molecule has 0 aliphatic carbocycles. The Morgan fingerprint density at radius 1 is 1.18 bits per heavy atom. The van der Waals surface area contributed by atoms with Gasteiger partial charge in [-0.05, 0) is 56.5 Å². The minimum atomic E-state index is -0.914. The average molecular weight is 298 g/mol. The van der Waals surface area contributed by atoms with Gasteiger partial charge >= 0.3 is 6.09 Å². The van der Waals surface area contributed by atoms with Gasteiger partial charge in [-0.25, -0.2) is 4.79 Å². The number of hydrogen-bond acceptors (Lipinski definition) is 2. The van der Waals surface area contributed by atoms with Crippen molar-refractivity contribution in [2.45, 2.75) is 40.3 Å². The maximum absolute atomic E-state index is 11.7. The molecule has 1 atom stereocenters. The van der Waals surface area contributed by atoms with Gasteiger partial charge in [0.15, 0.2) is 0 Å². The molecule has 1 heterocycles. The largest absolute Gasteiger partial charge is 0.465 e. The van der Waals surface area contributed by atoms with Crippen LogP contribution in [0.3, 0.4) is 0 Å². The first-order chi connectivity index (χ1) is 10.4. The minimum absolute atomic E-state index is 0.201. The molecule has 4 nitrogen and oxygen atoms in total. The van der Waals surface area contributed by atoms with Crippen molar-refractivity contribution in [3.63, 3.8) is 0 Å². The van der Waals surface area contributed by atoms with Gasteiger partial charge in [-0.3, -0.25) is 9.88 Å². The Labute approximate surface area is 131 Å². The van der Waals surface area contributed by atoms with Gasteiger partial charge < -0.3 is 5.11 Å². The highest BCUT2D eigenvalue weighted by Crippen LogP contribution is 2.25. The smallest absolute Gasteiger partial charge is 0.408 e. The van der Waals surface area contributed by atoms with Crippen molar-refractivity contribution in [2.24, 2.45) is 0 Å². The monoisotopic (exact) mass is 298 g/mol. The quantitative estimate of drug-likeness (QED) is 0.918. The summed E-state index contributed by atoms with van der Waals surface area (Å²) in [5, 5.41) is 9.61. The molecule has 2 rings (SSSR count). The van der Waals surface area contributed by atoms with Crippen molar-refractivity contribution in [2.75, 3.05) is 0 Å². The molecule has 0 fully saturated rings. The zero-order valence-electron chi connectivity index (χ0n) is 13.5. The van der Waals surface area contributed by atoms with E-state index in [9.17, 15) is 9.90 Å². The van der Waals surface area contributed by atoms with E-state index in [2.05, 4.69) is 4.98 Å². The van der Waals surface area contributed by atoms with Crippen LogP contribution in [0.15, 0.2) is 36.4 Å². The molecular weight excluding hydrogens is 276 g/mol. The number of hydrogen-bond donors (Lipinski definition) is 1. The highest BCUT2D eigenvalue weighted by molar-refractivity contribution is 5.66. The van der Waals surface area contributed by atoms with Crippen LogP contribution in [0, 0.1) is 20.8 Å². The maximum Gasteiger partial charge on any atom is 0.408 e. The van der Waals surface area contributed by atoms with Crippen molar-refractivity contribution in [3.05, 3.63) is 64.5 Å². The fraction of sp³-hybridized carbons (Fsp3) is 0.333. The lowest BCUT2D eigenvalue weighted by Gasteiger charge is -2.28. The number of amides is 1. The Balaban J connectivity index is 2.30. The zero-order chi connectivity index (χ0) is 16.3. The molecular formula is C18H22N2O2. The molecule has 1 amide bonds. The fourth-order valence-corrected chi connectivity index (χ4v) is 2.80. The van der Waals surface area contributed by atoms with Crippen molar-refractivity contribution in [3.8, 4) is 0 Å². The average Bonchev–Trinajstić information content (AvgIpc) is 2.43. The third-order valence-corrected chi connectivity index (χ3v) is 3.85. The molecule has 116 valence electrons. The third-order valence-electron chi connectivity index (χ3n) is 3.85. The third kappa shape index (κ3) is 3.64. The summed E-state index contributed by atoms with van der Waals surface area (Å²) < 4.78 is 0. The predicted octanol–water partition coefficient (Wildman–Crippen LogP) is 4.25. The molecule has 0 aliphatic rings. The molecule has 1 N–H and O–H groups in total. The van der Waals surface area contributed by atoms with Crippen LogP contribution < -0.4 is 0 Å². The molecule has 2 aromatic rings. The summed E-state index contributed by atoms with van der Waals surface area (Å²) in [7, 11) is 0. The van der Waals surface area contributed by atoms with Crippen molar-refractivity contribution >= 4 is 6.09 Å². The van der Waals surface area contributed by atoms with Crippen LogP contribution >= 0.6 is 0 Å². The van der Waals surface area contributed by atoms with Crippen LogP contribution in [-0.2, 0) is 6.54 Å². The first kappa shape index (κ1) is 16.0. The van der Waals surface area contributed by atoms with E-state index >= 15 is 0 Å². The van der Waals surface area contributed by atoms with Crippen LogP contribution in [0.2, 0.25) is 0 Å². The summed E-state index contributed by atoms with van der Waals surface area (Å²) in [5.41, 5.74) is 4.91. The van der Waals surface area contributed by atoms with Gasteiger partial charge in [-0.15, -0.1) is 0 Å². The predicted molar refractivity (Wildman–Crippen MR) is 86.9 cm³/mol. The Morgan fingerprint density at radius 2 is 1.77 bits per heavy atom. The second-order valence-corrected chi connectivity index (χ2v) is 5.70. The van der Waals surface area contributed by atoms with E-state index in [0.717, 1.165) is 28.1 Å². The number of rotatable bonds is 4. The molecule has 0 saturated heterocycles. The van der Waals surface area contributed by atoms with Gasteiger partial charge in [-0.2, -0.15) is 0 Å². The lowest BCUT2D eigenvalue weighted by molar-refractivity contribution is 0.124. The van der Waals surface area contributed by atoms with Crippen molar-refractivity contribution in [1.82, 2.24) is 9.88 Å². The lowest BCUT2D eigenvalue weighted by atomic mass is 10.0. The summed E-state index contributed by atoms with van der Waals surface area (Å²) in [5.74, 6) is 0. The molecule has 0 bridgehead atoms. The molecule has 4 heteroatoms. The molecule has 1 unspecified atom stereocenters. The molecule has 0 spiro atoms. The Morgan fingerprint density at radius 3 is 2.32 bits per heavy atom. The second kappa shape index (κ2) is 6.60. The highest BCUT2D eigenvalue weighted by atomic mass is 16.4. The van der Waals surface area contributed by atoms with Crippen LogP contribution in [0.1, 0.15) is 41.0 Å². The number of carboxylic acid groups (broad SMARTS) is 1. The summed E-state index contributed by atoms with van der Waals surface area (Å²) in [6.07, 6.45) is -0.914. The number of nitrogens with zero attached hydrogens (tertiary/aromatic N) is 2. The molecule has 0 radical (unpaired) electrons. The maximum atomic E-state index is 11.7. The summed E-state index contributed by atoms with van der Waals surface area (Å²) in [6.45, 7) is 8.14. The summed E-state index contributed by atoms with van der Waals surface area (Å²) >= 11 is 0. The number of aromatic nitrogens is 1. The lowest BCUT2D eigenvalue weighted by Crippen LogP contribution is -2.32. The van der Waals surface area contributed by atoms with Gasteiger partial charge in [0.05, 0.1) is 6.04 Å². The van der Waals surface area contributed by atoms with E-state index in [4.69, 9.17) is 0 Å². The zero-order valence-corrected chi connectivity index (χ0v) is 13.5. The van der Waals surface area contributed by atoms with E-state index in [-0.39, 0.29) is 6.04 Å². The summed E-state index contributed by atoms with van der Waals surface area (Å²) in [4.78, 5) is 17.5. The van der Waals surface area contributed by atoms with Gasteiger partial charge in [0.2, 0.25) is 0 Å². The van der Waals surface area contributed by atoms with Crippen molar-refractivity contribution < 1.29 is 9.90 Å². The van der Waals surface area contributed by atoms with Crippen LogP contribution in [0.5, 0.6) is 0 Å². The van der Waals surface area contributed by atoms with Crippen LogP contribution in [-0.4, -0.2) is 21.1 Å². The van der Waals surface area contributed by atoms with Gasteiger partial charge in [0.25, 0.3) is 0 Å². The SMILES string of the molecule is Cc1cc(CN(C(=O)O)C(C)c2ccccc2C)cc(C)n1. The molecule has 0 aliphatic heterocycles. The standard InChI is InChI=1S/C18H22N2O2/c1-12-7-5-6-8-17(12)15(4)20(18(21)22)11-16-9-13(2)19-14(3)10-16/h5-10,15H,11H2,1-4H3,(H,21,22). The van der Waals surface area contributed by atoms with E-state index in [1.54, 1.807) is 0 Å². The Bertz CT molecular complexity index is 662. The highest BCUT2D eigenvalue weighted by Gasteiger charge is 2.22. The second-order valence-electron chi connectivity index (χ2n) is 5.70. The van der Waals surface area contributed by atoms with Gasteiger partial charge in [-0.1, -0.05) is 24.3 Å². The van der Waals surface area contributed by atoms with E-state index in [1.807, 2.05) is 64.1 Å². The van der Waals surface area contributed by atoms with Gasteiger partial charge in [0.1, 0.15) is 0 Å². The number of carbonyl (C=O) groups is 1. The molecule has 1 aromatic heterocycles. The number of aryl methyl sites for hydroxylation is 3. The van der Waals surface area contributed by atoms with Crippen LogP contribution in [0.4, 0.5) is 4.79 Å². The van der Waals surface area contributed by atoms with E-state index < -0.39 is 6.09 Å². The van der Waals surface area contributed by atoms with E-state index in [1.165, 1.54) is 4.90 Å². The Hall–Kier alpha value is -2.36. The Kier molecular flexibility index (Phi) is 4.81. The summed E-state index contributed by atoms with van der Waals surface area (Å²) in [6, 6.07) is 11.6. The number of pyridine rings is 1. The topological polar surface area (TPSA) is 53.4 Å². The van der Waals surface area contributed by atoms with E-state index in [0.29, 0.717) is 6.54 Å². The minimum Gasteiger partial charge on any atom is -0.465 e. The van der Waals surface area contributed by atoms with Crippen LogP contribution in [0.25, 0.3) is 0 Å². The van der Waals surface area contributed by atoms with Gasteiger partial charge in [0, 0.05) is 17.9 Å². The fourth-order valence-electron chi connectivity index (χ4n) is 2.80. The normalized spacial score (nSPS) is 12.0. The first-order valence-electron chi connectivity index (χ1n) is 7.37. The number of benzene rings is 1. The molecule has 1 aromatic carbocycles.